The molecule has 0 saturated carbocycles. The minimum Gasteiger partial charge on any atom is -0.481 e. The van der Waals surface area contributed by atoms with Crippen LogP contribution in [0.4, 0.5) is 0 Å². The first-order valence-electron chi connectivity index (χ1n) is 5.07. The highest BCUT2D eigenvalue weighted by atomic mass is 35.5. The van der Waals surface area contributed by atoms with Gasteiger partial charge in [0.05, 0.1) is 5.92 Å². The molecule has 0 aliphatic rings. The van der Waals surface area contributed by atoms with E-state index in [4.69, 9.17) is 16.7 Å². The molecular formula is C12H16ClNO2. The van der Waals surface area contributed by atoms with Gasteiger partial charge in [0.1, 0.15) is 0 Å². The molecule has 0 amide bonds. The molecule has 0 fully saturated rings. The van der Waals surface area contributed by atoms with Crippen molar-refractivity contribution in [2.75, 3.05) is 14.1 Å². The van der Waals surface area contributed by atoms with Crippen molar-refractivity contribution < 1.29 is 9.90 Å². The van der Waals surface area contributed by atoms with Crippen molar-refractivity contribution in [2.45, 2.75) is 19.4 Å². The first-order chi connectivity index (χ1) is 7.41. The van der Waals surface area contributed by atoms with Crippen molar-refractivity contribution in [3.63, 3.8) is 0 Å². The van der Waals surface area contributed by atoms with E-state index in [-0.39, 0.29) is 0 Å². The maximum atomic E-state index is 10.8. The van der Waals surface area contributed by atoms with Gasteiger partial charge in [-0.1, -0.05) is 23.7 Å². The fraction of sp³-hybridized carbons (Fsp3) is 0.417. The first-order valence-corrected chi connectivity index (χ1v) is 5.45. The van der Waals surface area contributed by atoms with Crippen molar-refractivity contribution in [2.24, 2.45) is 0 Å². The third kappa shape index (κ3) is 3.22. The fourth-order valence-electron chi connectivity index (χ4n) is 1.44. The molecule has 1 unspecified atom stereocenters. The molecule has 0 saturated heterocycles. The van der Waals surface area contributed by atoms with Crippen LogP contribution in [0.3, 0.4) is 0 Å². The van der Waals surface area contributed by atoms with Gasteiger partial charge in [-0.3, -0.25) is 4.79 Å². The van der Waals surface area contributed by atoms with Crippen molar-refractivity contribution in [3.8, 4) is 0 Å². The molecule has 1 rings (SSSR count). The lowest BCUT2D eigenvalue weighted by Crippen LogP contribution is -2.12. The molecule has 0 aliphatic carbocycles. The van der Waals surface area contributed by atoms with Gasteiger partial charge in [-0.25, -0.2) is 0 Å². The van der Waals surface area contributed by atoms with Crippen LogP contribution in [0.5, 0.6) is 0 Å². The van der Waals surface area contributed by atoms with Crippen molar-refractivity contribution in [3.05, 3.63) is 34.3 Å². The van der Waals surface area contributed by atoms with E-state index in [2.05, 4.69) is 0 Å². The number of hydrogen-bond donors (Lipinski definition) is 1. The summed E-state index contributed by atoms with van der Waals surface area (Å²) in [5, 5.41) is 9.51. The van der Waals surface area contributed by atoms with Gasteiger partial charge < -0.3 is 10.0 Å². The zero-order chi connectivity index (χ0) is 12.3. The van der Waals surface area contributed by atoms with Gasteiger partial charge in [0.2, 0.25) is 0 Å². The van der Waals surface area contributed by atoms with Gasteiger partial charge in [-0.2, -0.15) is 0 Å². The molecule has 88 valence electrons. The Morgan fingerprint density at radius 3 is 2.56 bits per heavy atom. The molecule has 1 atom stereocenters. The Bertz CT molecular complexity index is 391. The highest BCUT2D eigenvalue weighted by Crippen LogP contribution is 2.23. The second kappa shape index (κ2) is 5.32. The highest BCUT2D eigenvalue weighted by molar-refractivity contribution is 6.31. The van der Waals surface area contributed by atoms with Gasteiger partial charge in [0.15, 0.2) is 0 Å². The Hall–Kier alpha value is -1.06. The summed E-state index contributed by atoms with van der Waals surface area (Å²) in [7, 11) is 3.92. The minimum atomic E-state index is -0.837. The van der Waals surface area contributed by atoms with Gasteiger partial charge >= 0.3 is 5.97 Å². The van der Waals surface area contributed by atoms with E-state index < -0.39 is 11.9 Å². The second-order valence-electron chi connectivity index (χ2n) is 4.15. The zero-order valence-electron chi connectivity index (χ0n) is 9.70. The molecule has 0 bridgehead atoms. The van der Waals surface area contributed by atoms with Gasteiger partial charge in [-0.15, -0.1) is 0 Å². The van der Waals surface area contributed by atoms with Crippen molar-refractivity contribution in [1.82, 2.24) is 4.90 Å². The van der Waals surface area contributed by atoms with Crippen LogP contribution in [0.1, 0.15) is 24.0 Å². The summed E-state index contributed by atoms with van der Waals surface area (Å²) >= 11 is 6.10. The zero-order valence-corrected chi connectivity index (χ0v) is 10.5. The third-order valence-electron chi connectivity index (χ3n) is 2.43. The summed E-state index contributed by atoms with van der Waals surface area (Å²) in [6, 6.07) is 5.44. The predicted octanol–water partition coefficient (Wildman–Crippen LogP) is 2.59. The molecule has 3 nitrogen and oxygen atoms in total. The summed E-state index contributed by atoms with van der Waals surface area (Å²) < 4.78 is 0. The van der Waals surface area contributed by atoms with E-state index >= 15 is 0 Å². The van der Waals surface area contributed by atoms with E-state index in [1.54, 1.807) is 13.0 Å². The van der Waals surface area contributed by atoms with Crippen LogP contribution in [0.15, 0.2) is 18.2 Å². The summed E-state index contributed by atoms with van der Waals surface area (Å²) in [5.74, 6) is -1.36. The molecule has 1 N–H and O–H groups in total. The normalized spacial score (nSPS) is 12.8. The first kappa shape index (κ1) is 13.0. The van der Waals surface area contributed by atoms with Crippen LogP contribution in [0.25, 0.3) is 0 Å². The number of hydrogen-bond acceptors (Lipinski definition) is 2. The van der Waals surface area contributed by atoms with E-state index in [1.807, 2.05) is 31.1 Å². The van der Waals surface area contributed by atoms with E-state index in [0.717, 1.165) is 17.7 Å². The number of benzene rings is 1. The molecule has 0 spiro atoms. The minimum absolute atomic E-state index is 0.522. The Kier molecular flexibility index (Phi) is 4.33. The number of aliphatic carboxylic acids is 1. The molecular weight excluding hydrogens is 226 g/mol. The monoisotopic (exact) mass is 241 g/mol. The second-order valence-corrected chi connectivity index (χ2v) is 4.56. The van der Waals surface area contributed by atoms with Gasteiger partial charge in [0, 0.05) is 11.6 Å². The van der Waals surface area contributed by atoms with Crippen LogP contribution in [0.2, 0.25) is 5.02 Å². The molecule has 0 heterocycles. The third-order valence-corrected chi connectivity index (χ3v) is 2.79. The average Bonchev–Trinajstić information content (AvgIpc) is 2.19. The summed E-state index contributed by atoms with van der Waals surface area (Å²) in [5.41, 5.74) is 1.74. The standard InChI is InChI=1S/C12H16ClNO2/c1-8(12(15)16)9-4-5-10(7-14(2)3)11(13)6-9/h4-6,8H,7H2,1-3H3,(H,15,16). The lowest BCUT2D eigenvalue weighted by atomic mass is 10.00. The number of carbonyl (C=O) groups is 1. The summed E-state index contributed by atoms with van der Waals surface area (Å²) in [6.07, 6.45) is 0. The molecule has 16 heavy (non-hydrogen) atoms. The van der Waals surface area contributed by atoms with Crippen LogP contribution in [0, 0.1) is 0 Å². The van der Waals surface area contributed by atoms with Gasteiger partial charge in [0.25, 0.3) is 0 Å². The van der Waals surface area contributed by atoms with Crippen LogP contribution in [-0.4, -0.2) is 30.1 Å². The van der Waals surface area contributed by atoms with Crippen LogP contribution < -0.4 is 0 Å². The smallest absolute Gasteiger partial charge is 0.310 e. The van der Waals surface area contributed by atoms with E-state index in [1.165, 1.54) is 0 Å². The Labute approximate surface area is 101 Å². The van der Waals surface area contributed by atoms with Gasteiger partial charge in [-0.05, 0) is 38.2 Å². The quantitative estimate of drug-likeness (QED) is 0.881. The molecule has 0 aliphatic heterocycles. The lowest BCUT2D eigenvalue weighted by molar-refractivity contribution is -0.138. The lowest BCUT2D eigenvalue weighted by Gasteiger charge is -2.13. The van der Waals surface area contributed by atoms with E-state index in [0.29, 0.717) is 5.02 Å². The molecule has 0 radical (unpaired) electrons. The highest BCUT2D eigenvalue weighted by Gasteiger charge is 2.14. The number of carboxylic acids is 1. The molecule has 0 aromatic heterocycles. The maximum Gasteiger partial charge on any atom is 0.310 e. The molecule has 1 aromatic carbocycles. The Morgan fingerprint density at radius 1 is 1.50 bits per heavy atom. The number of halogens is 1. The van der Waals surface area contributed by atoms with Crippen LogP contribution in [-0.2, 0) is 11.3 Å². The largest absolute Gasteiger partial charge is 0.481 e. The number of rotatable bonds is 4. The maximum absolute atomic E-state index is 10.8. The topological polar surface area (TPSA) is 40.5 Å². The summed E-state index contributed by atoms with van der Waals surface area (Å²) in [6.45, 7) is 2.40. The van der Waals surface area contributed by atoms with Crippen molar-refractivity contribution in [1.29, 1.82) is 0 Å². The van der Waals surface area contributed by atoms with Crippen LogP contribution >= 0.6 is 11.6 Å². The predicted molar refractivity (Wildman–Crippen MR) is 64.9 cm³/mol. The molecule has 4 heteroatoms. The average molecular weight is 242 g/mol. The van der Waals surface area contributed by atoms with Crippen molar-refractivity contribution >= 4 is 17.6 Å². The number of carboxylic acid groups (broad SMARTS) is 1. The fourth-order valence-corrected chi connectivity index (χ4v) is 1.69. The Balaban J connectivity index is 2.95. The Morgan fingerprint density at radius 2 is 2.12 bits per heavy atom. The summed E-state index contributed by atoms with van der Waals surface area (Å²) in [4.78, 5) is 12.8. The SMILES string of the molecule is CC(C(=O)O)c1ccc(CN(C)C)c(Cl)c1. The molecule has 1 aromatic rings. The van der Waals surface area contributed by atoms with E-state index in [9.17, 15) is 4.79 Å². The number of nitrogens with zero attached hydrogens (tertiary/aromatic N) is 1.